The molecule has 1 N–H and O–H groups in total. The molecule has 0 radical (unpaired) electrons. The van der Waals surface area contributed by atoms with Gasteiger partial charge in [-0.3, -0.25) is 4.98 Å². The maximum Gasteiger partial charge on any atom is 0.0349 e. The van der Waals surface area contributed by atoms with Gasteiger partial charge in [-0.15, -0.1) is 0 Å². The fourth-order valence-electron chi connectivity index (χ4n) is 2.22. The summed E-state index contributed by atoms with van der Waals surface area (Å²) < 4.78 is 0. The third kappa shape index (κ3) is 3.42. The van der Waals surface area contributed by atoms with E-state index in [9.17, 15) is 0 Å². The summed E-state index contributed by atoms with van der Waals surface area (Å²) in [6, 6.07) is 11.2. The molecule has 2 heteroatoms. The number of hydrogen-bond donors (Lipinski definition) is 1. The molecular formula is C17H22N2. The Bertz CT molecular complexity index is 534. The molecule has 0 aliphatic rings. The minimum atomic E-state index is 0.386. The van der Waals surface area contributed by atoms with Crippen molar-refractivity contribution in [3.8, 4) is 11.1 Å². The second-order valence-electron chi connectivity index (χ2n) is 4.99. The Hall–Kier alpha value is -1.67. The third-order valence-corrected chi connectivity index (χ3v) is 3.44. The SMILES string of the molecule is CCCNC(C)c1cccc(-c2cnccc2C)c1. The summed E-state index contributed by atoms with van der Waals surface area (Å²) in [6.45, 7) is 7.58. The molecule has 2 nitrogen and oxygen atoms in total. The molecule has 1 atom stereocenters. The first kappa shape index (κ1) is 13.8. The van der Waals surface area contributed by atoms with E-state index < -0.39 is 0 Å². The summed E-state index contributed by atoms with van der Waals surface area (Å²) in [4.78, 5) is 4.23. The van der Waals surface area contributed by atoms with Gasteiger partial charge in [-0.05, 0) is 55.6 Å². The molecule has 1 aromatic carbocycles. The predicted molar refractivity (Wildman–Crippen MR) is 81.1 cm³/mol. The van der Waals surface area contributed by atoms with Gasteiger partial charge in [-0.1, -0.05) is 25.1 Å². The van der Waals surface area contributed by atoms with Crippen molar-refractivity contribution in [1.82, 2.24) is 10.3 Å². The first-order chi connectivity index (χ1) is 9.22. The van der Waals surface area contributed by atoms with Gasteiger partial charge in [0.1, 0.15) is 0 Å². The topological polar surface area (TPSA) is 24.9 Å². The summed E-state index contributed by atoms with van der Waals surface area (Å²) >= 11 is 0. The molecule has 0 aliphatic heterocycles. The number of hydrogen-bond acceptors (Lipinski definition) is 2. The van der Waals surface area contributed by atoms with E-state index in [0.29, 0.717) is 6.04 Å². The lowest BCUT2D eigenvalue weighted by Gasteiger charge is -2.15. The van der Waals surface area contributed by atoms with E-state index in [0.717, 1.165) is 13.0 Å². The highest BCUT2D eigenvalue weighted by atomic mass is 14.9. The Morgan fingerprint density at radius 2 is 2.11 bits per heavy atom. The van der Waals surface area contributed by atoms with Crippen LogP contribution in [0.15, 0.2) is 42.7 Å². The van der Waals surface area contributed by atoms with E-state index in [4.69, 9.17) is 0 Å². The number of aromatic nitrogens is 1. The quantitative estimate of drug-likeness (QED) is 0.868. The minimum absolute atomic E-state index is 0.386. The summed E-state index contributed by atoms with van der Waals surface area (Å²) in [7, 11) is 0. The van der Waals surface area contributed by atoms with Crippen molar-refractivity contribution in [3.63, 3.8) is 0 Å². The Kier molecular flexibility index (Phi) is 4.69. The van der Waals surface area contributed by atoms with Crippen molar-refractivity contribution in [2.75, 3.05) is 6.54 Å². The first-order valence-electron chi connectivity index (χ1n) is 6.96. The molecule has 0 bridgehead atoms. The van der Waals surface area contributed by atoms with Crippen LogP contribution in [-0.4, -0.2) is 11.5 Å². The molecule has 100 valence electrons. The van der Waals surface area contributed by atoms with Crippen molar-refractivity contribution in [1.29, 1.82) is 0 Å². The minimum Gasteiger partial charge on any atom is -0.310 e. The summed E-state index contributed by atoms with van der Waals surface area (Å²) in [6.07, 6.45) is 4.94. The van der Waals surface area contributed by atoms with Crippen LogP contribution in [0, 0.1) is 6.92 Å². The zero-order valence-electron chi connectivity index (χ0n) is 12.0. The third-order valence-electron chi connectivity index (χ3n) is 3.44. The van der Waals surface area contributed by atoms with Crippen LogP contribution in [0.2, 0.25) is 0 Å². The first-order valence-corrected chi connectivity index (χ1v) is 6.96. The zero-order chi connectivity index (χ0) is 13.7. The average molecular weight is 254 g/mol. The lowest BCUT2D eigenvalue weighted by atomic mass is 9.98. The Morgan fingerprint density at radius 1 is 1.26 bits per heavy atom. The molecule has 1 aromatic heterocycles. The van der Waals surface area contributed by atoms with Crippen LogP contribution in [0.25, 0.3) is 11.1 Å². The average Bonchev–Trinajstić information content (AvgIpc) is 2.45. The van der Waals surface area contributed by atoms with E-state index in [2.05, 4.69) is 61.4 Å². The lowest BCUT2D eigenvalue weighted by Crippen LogP contribution is -2.19. The standard InChI is InChI=1S/C17H22N2/c1-4-9-19-14(3)15-6-5-7-16(11-15)17-12-18-10-8-13(17)2/h5-8,10-12,14,19H,4,9H2,1-3H3. The van der Waals surface area contributed by atoms with Crippen molar-refractivity contribution >= 4 is 0 Å². The van der Waals surface area contributed by atoms with Crippen LogP contribution in [0.3, 0.4) is 0 Å². The molecule has 0 aliphatic carbocycles. The van der Waals surface area contributed by atoms with Gasteiger partial charge >= 0.3 is 0 Å². The van der Waals surface area contributed by atoms with Gasteiger partial charge in [-0.2, -0.15) is 0 Å². The second kappa shape index (κ2) is 6.48. The fraction of sp³-hybridized carbons (Fsp3) is 0.353. The van der Waals surface area contributed by atoms with Gasteiger partial charge < -0.3 is 5.32 Å². The molecule has 0 amide bonds. The normalized spacial score (nSPS) is 12.4. The molecule has 0 fully saturated rings. The Labute approximate surface area is 115 Å². The van der Waals surface area contributed by atoms with Crippen LogP contribution in [0.4, 0.5) is 0 Å². The van der Waals surface area contributed by atoms with E-state index in [-0.39, 0.29) is 0 Å². The van der Waals surface area contributed by atoms with Gasteiger partial charge in [0.15, 0.2) is 0 Å². The smallest absolute Gasteiger partial charge is 0.0349 e. The Balaban J connectivity index is 2.27. The van der Waals surface area contributed by atoms with E-state index in [1.807, 2.05) is 12.4 Å². The number of rotatable bonds is 5. The molecule has 0 saturated heterocycles. The molecule has 0 spiro atoms. The highest BCUT2D eigenvalue weighted by Gasteiger charge is 2.07. The van der Waals surface area contributed by atoms with Crippen LogP contribution in [0.1, 0.15) is 37.4 Å². The molecule has 1 unspecified atom stereocenters. The van der Waals surface area contributed by atoms with E-state index in [1.54, 1.807) is 0 Å². The number of aryl methyl sites for hydroxylation is 1. The summed E-state index contributed by atoms with van der Waals surface area (Å²) in [5.74, 6) is 0. The number of nitrogens with zero attached hydrogens (tertiary/aromatic N) is 1. The molecular weight excluding hydrogens is 232 g/mol. The van der Waals surface area contributed by atoms with Crippen molar-refractivity contribution in [3.05, 3.63) is 53.9 Å². The summed E-state index contributed by atoms with van der Waals surface area (Å²) in [5, 5.41) is 3.53. The maximum absolute atomic E-state index is 4.23. The van der Waals surface area contributed by atoms with Crippen LogP contribution < -0.4 is 5.32 Å². The monoisotopic (exact) mass is 254 g/mol. The molecule has 2 rings (SSSR count). The van der Waals surface area contributed by atoms with Gasteiger partial charge in [0.05, 0.1) is 0 Å². The maximum atomic E-state index is 4.23. The van der Waals surface area contributed by atoms with E-state index in [1.165, 1.54) is 22.3 Å². The van der Waals surface area contributed by atoms with Crippen LogP contribution >= 0.6 is 0 Å². The fourth-order valence-corrected chi connectivity index (χ4v) is 2.22. The molecule has 19 heavy (non-hydrogen) atoms. The highest BCUT2D eigenvalue weighted by molar-refractivity contribution is 5.66. The summed E-state index contributed by atoms with van der Waals surface area (Å²) in [5.41, 5.74) is 5.05. The largest absolute Gasteiger partial charge is 0.310 e. The van der Waals surface area contributed by atoms with Gasteiger partial charge in [0, 0.05) is 24.0 Å². The molecule has 0 saturated carbocycles. The molecule has 2 aromatic rings. The second-order valence-corrected chi connectivity index (χ2v) is 4.99. The predicted octanol–water partition coefficient (Wildman–Crippen LogP) is 4.12. The number of benzene rings is 1. The Morgan fingerprint density at radius 3 is 2.84 bits per heavy atom. The van der Waals surface area contributed by atoms with E-state index >= 15 is 0 Å². The van der Waals surface area contributed by atoms with Gasteiger partial charge in [0.2, 0.25) is 0 Å². The van der Waals surface area contributed by atoms with Crippen molar-refractivity contribution in [2.45, 2.75) is 33.2 Å². The molecule has 1 heterocycles. The van der Waals surface area contributed by atoms with Crippen molar-refractivity contribution in [2.24, 2.45) is 0 Å². The number of nitrogens with one attached hydrogen (secondary N) is 1. The highest BCUT2D eigenvalue weighted by Crippen LogP contribution is 2.25. The number of pyridine rings is 1. The van der Waals surface area contributed by atoms with Gasteiger partial charge in [0.25, 0.3) is 0 Å². The lowest BCUT2D eigenvalue weighted by molar-refractivity contribution is 0.571. The van der Waals surface area contributed by atoms with Gasteiger partial charge in [-0.25, -0.2) is 0 Å². The van der Waals surface area contributed by atoms with Crippen molar-refractivity contribution < 1.29 is 0 Å². The zero-order valence-corrected chi connectivity index (χ0v) is 12.0. The van der Waals surface area contributed by atoms with Crippen LogP contribution in [0.5, 0.6) is 0 Å². The van der Waals surface area contributed by atoms with Crippen LogP contribution in [-0.2, 0) is 0 Å².